The van der Waals surface area contributed by atoms with Gasteiger partial charge < -0.3 is 23.4 Å². The molecule has 0 bridgehead atoms. The number of carbonyl (C=O) groups excluding carboxylic acids is 1. The summed E-state index contributed by atoms with van der Waals surface area (Å²) in [6.07, 6.45) is 3.98. The lowest BCUT2D eigenvalue weighted by Crippen LogP contribution is -2.49. The van der Waals surface area contributed by atoms with Crippen LogP contribution in [0.4, 0.5) is 0 Å². The van der Waals surface area contributed by atoms with Gasteiger partial charge in [0.05, 0.1) is 24.5 Å². The molecule has 3 aromatic heterocycles. The third kappa shape index (κ3) is 7.29. The summed E-state index contributed by atoms with van der Waals surface area (Å²) in [6.45, 7) is 8.40. The number of esters is 1. The maximum Gasteiger partial charge on any atom is 0.302 e. The Morgan fingerprint density at radius 1 is 0.891 bits per heavy atom. The number of rotatable bonds is 11. The van der Waals surface area contributed by atoms with Crippen molar-refractivity contribution in [2.75, 3.05) is 6.61 Å². The second-order valence-electron chi connectivity index (χ2n) is 12.0. The van der Waals surface area contributed by atoms with E-state index in [1.807, 2.05) is 65.2 Å². The van der Waals surface area contributed by atoms with Gasteiger partial charge in [-0.05, 0) is 63.2 Å². The first-order chi connectivity index (χ1) is 22.2. The Bertz CT molecular complexity index is 1760. The van der Waals surface area contributed by atoms with E-state index in [-0.39, 0.29) is 30.5 Å². The van der Waals surface area contributed by atoms with Crippen LogP contribution in [0.5, 0.6) is 11.6 Å². The van der Waals surface area contributed by atoms with E-state index >= 15 is 0 Å². The van der Waals surface area contributed by atoms with Crippen molar-refractivity contribution in [1.82, 2.24) is 14.4 Å². The average molecular weight is 689 g/mol. The fourth-order valence-corrected chi connectivity index (χ4v) is 6.24. The summed E-state index contributed by atoms with van der Waals surface area (Å²) in [5.74, 6) is 2.54. The van der Waals surface area contributed by atoms with Crippen molar-refractivity contribution in [3.63, 3.8) is 0 Å². The predicted molar refractivity (Wildman–Crippen MR) is 176 cm³/mol. The summed E-state index contributed by atoms with van der Waals surface area (Å²) in [4.78, 5) is 21.2. The SMILES string of the molecule is CC(=O)OCC1OC(Oc2ccc(COc3c(Cc4ccco4)nc4c(Cc5ccccc5)nc(Br)cn34)cc2)C(C)C(C)C1C. The topological polar surface area (TPSA) is 97.3 Å². The highest BCUT2D eigenvalue weighted by Crippen LogP contribution is 2.36. The molecule has 0 spiro atoms. The van der Waals surface area contributed by atoms with E-state index in [1.54, 1.807) is 6.26 Å². The molecule has 0 amide bonds. The third-order valence-corrected chi connectivity index (χ3v) is 9.17. The van der Waals surface area contributed by atoms with Gasteiger partial charge >= 0.3 is 5.97 Å². The Kier molecular flexibility index (Phi) is 9.75. The highest BCUT2D eigenvalue weighted by atomic mass is 79.9. The van der Waals surface area contributed by atoms with Gasteiger partial charge in [0.15, 0.2) is 5.65 Å². The molecule has 0 saturated carbocycles. The molecule has 0 aliphatic carbocycles. The van der Waals surface area contributed by atoms with Gasteiger partial charge in [0, 0.05) is 25.5 Å². The van der Waals surface area contributed by atoms with E-state index in [9.17, 15) is 4.79 Å². The lowest BCUT2D eigenvalue weighted by molar-refractivity contribution is -0.223. The third-order valence-electron chi connectivity index (χ3n) is 8.79. The van der Waals surface area contributed by atoms with Crippen LogP contribution >= 0.6 is 15.9 Å². The van der Waals surface area contributed by atoms with E-state index in [1.165, 1.54) is 6.92 Å². The summed E-state index contributed by atoms with van der Waals surface area (Å²) in [5.41, 5.74) is 4.46. The first kappa shape index (κ1) is 31.8. The Balaban J connectivity index is 1.19. The Morgan fingerprint density at radius 2 is 1.67 bits per heavy atom. The highest BCUT2D eigenvalue weighted by Gasteiger charge is 2.40. The van der Waals surface area contributed by atoms with Crippen molar-refractivity contribution in [2.24, 2.45) is 17.8 Å². The van der Waals surface area contributed by atoms with Crippen LogP contribution in [0.1, 0.15) is 56.0 Å². The largest absolute Gasteiger partial charge is 0.472 e. The molecule has 1 aliphatic rings. The van der Waals surface area contributed by atoms with Gasteiger partial charge in [0.2, 0.25) is 12.2 Å². The maximum atomic E-state index is 11.4. The van der Waals surface area contributed by atoms with Crippen LogP contribution in [0.3, 0.4) is 0 Å². The summed E-state index contributed by atoms with van der Waals surface area (Å²) >= 11 is 3.60. The lowest BCUT2D eigenvalue weighted by Gasteiger charge is -2.43. The Hall–Kier alpha value is -4.15. The van der Waals surface area contributed by atoms with Crippen molar-refractivity contribution < 1.29 is 28.2 Å². The van der Waals surface area contributed by atoms with Crippen LogP contribution in [0.15, 0.2) is 88.2 Å². The molecule has 4 heterocycles. The molecule has 10 heteroatoms. The fourth-order valence-electron chi connectivity index (χ4n) is 5.82. The van der Waals surface area contributed by atoms with Gasteiger partial charge in [0.25, 0.3) is 0 Å². The first-order valence-corrected chi connectivity index (χ1v) is 16.3. The molecule has 0 radical (unpaired) electrons. The van der Waals surface area contributed by atoms with Crippen LogP contribution in [0.2, 0.25) is 0 Å². The van der Waals surface area contributed by atoms with Crippen LogP contribution in [-0.4, -0.2) is 39.3 Å². The smallest absolute Gasteiger partial charge is 0.302 e. The number of ether oxygens (including phenoxy) is 4. The second-order valence-corrected chi connectivity index (χ2v) is 12.8. The molecular weight excluding hydrogens is 650 g/mol. The molecule has 5 atom stereocenters. The van der Waals surface area contributed by atoms with E-state index in [0.717, 1.165) is 33.9 Å². The monoisotopic (exact) mass is 687 g/mol. The summed E-state index contributed by atoms with van der Waals surface area (Å²) < 4.78 is 32.6. The normalized spacial score (nSPS) is 21.3. The molecule has 5 unspecified atom stereocenters. The van der Waals surface area contributed by atoms with Gasteiger partial charge in [-0.2, -0.15) is 0 Å². The van der Waals surface area contributed by atoms with E-state index < -0.39 is 6.29 Å². The van der Waals surface area contributed by atoms with Crippen molar-refractivity contribution >= 4 is 27.5 Å². The standard InChI is InChI=1S/C36H38BrN3O6/c1-22-23(2)32(21-43-25(4)41)46-36(24(22)3)45-28-14-12-27(13-15-28)20-44-35-31(18-29-11-8-16-42-29)39-34-30(38-33(37)19-40(34)35)17-26-9-6-5-7-10-26/h5-16,19,22-24,32,36H,17-18,20-21H2,1-4H3. The number of nitrogens with zero attached hydrogens (tertiary/aromatic N) is 3. The molecule has 1 aliphatic heterocycles. The first-order valence-electron chi connectivity index (χ1n) is 15.5. The van der Waals surface area contributed by atoms with Crippen LogP contribution in [-0.2, 0) is 33.7 Å². The molecule has 2 aromatic carbocycles. The molecule has 6 rings (SSSR count). The average Bonchev–Trinajstić information content (AvgIpc) is 3.68. The Labute approximate surface area is 277 Å². The van der Waals surface area contributed by atoms with Crippen molar-refractivity contribution in [3.8, 4) is 11.6 Å². The lowest BCUT2D eigenvalue weighted by atomic mass is 9.79. The minimum Gasteiger partial charge on any atom is -0.472 e. The zero-order valence-corrected chi connectivity index (χ0v) is 28.0. The predicted octanol–water partition coefficient (Wildman–Crippen LogP) is 7.42. The number of carbonyl (C=O) groups is 1. The Morgan fingerprint density at radius 3 is 2.39 bits per heavy atom. The summed E-state index contributed by atoms with van der Waals surface area (Å²) in [7, 11) is 0. The van der Waals surface area contributed by atoms with E-state index in [2.05, 4.69) is 48.8 Å². The number of halogens is 1. The minimum atomic E-state index is -0.451. The van der Waals surface area contributed by atoms with Crippen LogP contribution in [0.25, 0.3) is 5.65 Å². The highest BCUT2D eigenvalue weighted by molar-refractivity contribution is 9.10. The zero-order chi connectivity index (χ0) is 32.2. The molecule has 0 N–H and O–H groups in total. The number of imidazole rings is 1. The molecule has 46 heavy (non-hydrogen) atoms. The van der Waals surface area contributed by atoms with Gasteiger partial charge in [0.1, 0.15) is 35.0 Å². The van der Waals surface area contributed by atoms with E-state index in [4.69, 9.17) is 33.3 Å². The molecular formula is C36H38BrN3O6. The minimum absolute atomic E-state index is 0.162. The van der Waals surface area contributed by atoms with Crippen LogP contribution < -0.4 is 9.47 Å². The molecule has 5 aromatic rings. The van der Waals surface area contributed by atoms with Gasteiger partial charge in [-0.15, -0.1) is 0 Å². The second kappa shape index (κ2) is 14.1. The number of hydrogen-bond acceptors (Lipinski definition) is 8. The van der Waals surface area contributed by atoms with Gasteiger partial charge in [-0.3, -0.25) is 9.20 Å². The number of hydrogen-bond donors (Lipinski definition) is 0. The molecule has 240 valence electrons. The fraction of sp³-hybridized carbons (Fsp3) is 0.361. The summed E-state index contributed by atoms with van der Waals surface area (Å²) in [5, 5.41) is 0. The molecule has 1 saturated heterocycles. The molecule has 9 nitrogen and oxygen atoms in total. The van der Waals surface area contributed by atoms with E-state index in [0.29, 0.717) is 41.6 Å². The van der Waals surface area contributed by atoms with Crippen molar-refractivity contribution in [1.29, 1.82) is 0 Å². The summed E-state index contributed by atoms with van der Waals surface area (Å²) in [6, 6.07) is 21.8. The maximum absolute atomic E-state index is 11.4. The number of aromatic nitrogens is 3. The van der Waals surface area contributed by atoms with Gasteiger partial charge in [-0.25, -0.2) is 9.97 Å². The molecule has 1 fully saturated rings. The number of fused-ring (bicyclic) bond motifs is 1. The van der Waals surface area contributed by atoms with Crippen LogP contribution in [0, 0.1) is 17.8 Å². The number of benzene rings is 2. The van der Waals surface area contributed by atoms with Gasteiger partial charge in [-0.1, -0.05) is 63.2 Å². The number of furan rings is 1. The quantitative estimate of drug-likeness (QED) is 0.132. The zero-order valence-electron chi connectivity index (χ0n) is 26.4. The van der Waals surface area contributed by atoms with Crippen molar-refractivity contribution in [2.45, 2.75) is 59.5 Å². The van der Waals surface area contributed by atoms with Crippen molar-refractivity contribution in [3.05, 3.63) is 112 Å².